The molecule has 0 amide bonds. The zero-order valence-corrected chi connectivity index (χ0v) is 6.01. The molecule has 0 aromatic rings. The van der Waals surface area contributed by atoms with Crippen molar-refractivity contribution in [3.05, 3.63) is 12.0 Å². The van der Waals surface area contributed by atoms with Gasteiger partial charge in [0.05, 0.1) is 5.41 Å². The summed E-state index contributed by atoms with van der Waals surface area (Å²) in [4.78, 5) is 0. The van der Waals surface area contributed by atoms with Gasteiger partial charge in [0, 0.05) is 37.7 Å². The Morgan fingerprint density at radius 3 is 1.71 bits per heavy atom. The third-order valence-corrected chi connectivity index (χ3v) is 0.632. The van der Waals surface area contributed by atoms with Crippen molar-refractivity contribution >= 4 is 10.1 Å². The second-order valence-electron chi connectivity index (χ2n) is 0.682. The van der Waals surface area contributed by atoms with Crippen LogP contribution in [-0.4, -0.2) is 13.0 Å². The first-order valence-corrected chi connectivity index (χ1v) is 2.66. The predicted octanol–water partition coefficient (Wildman–Crippen LogP) is 0.0177. The fourth-order valence-corrected chi connectivity index (χ4v) is 0. The van der Waals surface area contributed by atoms with E-state index in [0.717, 1.165) is 0 Å². The van der Waals surface area contributed by atoms with Gasteiger partial charge in [0.1, 0.15) is 0 Å². The number of hydrogen-bond donors (Lipinski definition) is 1. The molecule has 1 N–H and O–H groups in total. The molecule has 7 heavy (non-hydrogen) atoms. The molecule has 0 spiro atoms. The molecule has 0 aliphatic heterocycles. The molecule has 0 aliphatic carbocycles. The van der Waals surface area contributed by atoms with E-state index in [9.17, 15) is 8.42 Å². The molecular weight excluding hydrogens is 269 g/mol. The Kier molecular flexibility index (Phi) is 5.96. The van der Waals surface area contributed by atoms with Crippen molar-refractivity contribution in [1.29, 1.82) is 0 Å². The van der Waals surface area contributed by atoms with E-state index in [1.807, 2.05) is 0 Å². The Morgan fingerprint density at radius 1 is 1.57 bits per heavy atom. The van der Waals surface area contributed by atoms with Gasteiger partial charge in [-0.15, -0.1) is 0 Å². The standard InChI is InChI=1S/C2H4O3S.Ho/c1-2-6(3,4)5;/h2H,1H2,(H,3,4,5);. The molecule has 3 nitrogen and oxygen atoms in total. The molecule has 47 valence electrons. The third kappa shape index (κ3) is 10.9. The summed E-state index contributed by atoms with van der Waals surface area (Å²) in [6.07, 6.45) is 0. The largest absolute Gasteiger partial charge is 0.287 e. The minimum absolute atomic E-state index is 0. The minimum Gasteiger partial charge on any atom is -0.282 e. The Hall–Kier alpha value is 0.910. The summed E-state index contributed by atoms with van der Waals surface area (Å²) in [5.41, 5.74) is 0. The second kappa shape index (κ2) is 3.86. The summed E-state index contributed by atoms with van der Waals surface area (Å²) < 4.78 is 26.6. The molecule has 1 radical (unpaired) electrons. The van der Waals surface area contributed by atoms with Gasteiger partial charge in [0.25, 0.3) is 10.1 Å². The number of hydrogen-bond acceptors (Lipinski definition) is 2. The van der Waals surface area contributed by atoms with Crippen molar-refractivity contribution in [2.75, 3.05) is 0 Å². The van der Waals surface area contributed by atoms with Gasteiger partial charge < -0.3 is 0 Å². The van der Waals surface area contributed by atoms with Crippen LogP contribution in [0.4, 0.5) is 0 Å². The van der Waals surface area contributed by atoms with E-state index in [-0.39, 0.29) is 37.7 Å². The van der Waals surface area contributed by atoms with Crippen LogP contribution in [0.3, 0.4) is 0 Å². The summed E-state index contributed by atoms with van der Waals surface area (Å²) in [7, 11) is -3.90. The Balaban J connectivity index is 0. The molecule has 0 saturated carbocycles. The maximum Gasteiger partial charge on any atom is 0.287 e. The van der Waals surface area contributed by atoms with Crippen LogP contribution < -0.4 is 0 Å². The average Bonchev–Trinajstić information content (AvgIpc) is 1.35. The quantitative estimate of drug-likeness (QED) is 0.541. The first-order valence-electron chi connectivity index (χ1n) is 1.16. The summed E-state index contributed by atoms with van der Waals surface area (Å²) in [6, 6.07) is 0. The van der Waals surface area contributed by atoms with Crippen LogP contribution in [0.1, 0.15) is 0 Å². The molecule has 0 atom stereocenters. The SMILES string of the molecule is C=CS(=O)(=O)O.[Ho]. The molecule has 0 heterocycles. The van der Waals surface area contributed by atoms with Crippen molar-refractivity contribution in [3.8, 4) is 0 Å². The fourth-order valence-electron chi connectivity index (χ4n) is 0. The van der Waals surface area contributed by atoms with E-state index < -0.39 is 10.1 Å². The monoisotopic (exact) mass is 273 g/mol. The molecule has 0 saturated heterocycles. The van der Waals surface area contributed by atoms with E-state index in [1.54, 1.807) is 0 Å². The molecule has 0 aromatic carbocycles. The topological polar surface area (TPSA) is 54.4 Å². The fraction of sp³-hybridized carbons (Fsp3) is 0. The van der Waals surface area contributed by atoms with E-state index in [0.29, 0.717) is 5.41 Å². The predicted molar refractivity (Wildman–Crippen MR) is 21.7 cm³/mol. The van der Waals surface area contributed by atoms with Crippen LogP contribution in [0, 0.1) is 37.7 Å². The van der Waals surface area contributed by atoms with E-state index in [1.165, 1.54) is 0 Å². The number of rotatable bonds is 1. The van der Waals surface area contributed by atoms with Crippen LogP contribution in [-0.2, 0) is 10.1 Å². The van der Waals surface area contributed by atoms with Crippen LogP contribution in [0.15, 0.2) is 12.0 Å². The average molecular weight is 273 g/mol. The Morgan fingerprint density at radius 2 is 1.71 bits per heavy atom. The summed E-state index contributed by atoms with van der Waals surface area (Å²) in [6.45, 7) is 2.79. The molecule has 0 fully saturated rings. The molecule has 0 aliphatic rings. The van der Waals surface area contributed by atoms with E-state index in [2.05, 4.69) is 6.58 Å². The zero-order valence-electron chi connectivity index (χ0n) is 3.26. The first-order chi connectivity index (χ1) is 2.56. The summed E-state index contributed by atoms with van der Waals surface area (Å²) in [5.74, 6) is 0. The van der Waals surface area contributed by atoms with Crippen molar-refractivity contribution in [2.24, 2.45) is 0 Å². The third-order valence-electron chi connectivity index (χ3n) is 0.211. The van der Waals surface area contributed by atoms with Gasteiger partial charge in [-0.2, -0.15) is 8.42 Å². The molecule has 0 aromatic heterocycles. The Labute approximate surface area is 72.2 Å². The first kappa shape index (κ1) is 10.8. The van der Waals surface area contributed by atoms with Gasteiger partial charge in [0.2, 0.25) is 0 Å². The smallest absolute Gasteiger partial charge is 0.282 e. The second-order valence-corrected chi connectivity index (χ2v) is 2.04. The zero-order chi connectivity index (χ0) is 5.21. The molecule has 0 rings (SSSR count). The van der Waals surface area contributed by atoms with Gasteiger partial charge in [-0.25, -0.2) is 0 Å². The van der Waals surface area contributed by atoms with Crippen LogP contribution >= 0.6 is 0 Å². The van der Waals surface area contributed by atoms with Crippen LogP contribution in [0.2, 0.25) is 0 Å². The molecule has 5 heteroatoms. The summed E-state index contributed by atoms with van der Waals surface area (Å²) in [5, 5.41) is 0.465. The van der Waals surface area contributed by atoms with E-state index >= 15 is 0 Å². The van der Waals surface area contributed by atoms with E-state index in [4.69, 9.17) is 4.55 Å². The van der Waals surface area contributed by atoms with Gasteiger partial charge in [-0.05, 0) is 0 Å². The summed E-state index contributed by atoms with van der Waals surface area (Å²) >= 11 is 0. The maximum atomic E-state index is 9.44. The molecule has 0 bridgehead atoms. The molecule has 0 unspecified atom stereocenters. The van der Waals surface area contributed by atoms with Gasteiger partial charge >= 0.3 is 0 Å². The van der Waals surface area contributed by atoms with Gasteiger partial charge in [-0.1, -0.05) is 6.58 Å². The normalized spacial score (nSPS) is 9.29. The van der Waals surface area contributed by atoms with Crippen molar-refractivity contribution in [1.82, 2.24) is 0 Å². The molecular formula is C2H4HoO3S. The van der Waals surface area contributed by atoms with Crippen molar-refractivity contribution < 1.29 is 50.7 Å². The van der Waals surface area contributed by atoms with Crippen molar-refractivity contribution in [3.63, 3.8) is 0 Å². The maximum absolute atomic E-state index is 9.44. The van der Waals surface area contributed by atoms with Gasteiger partial charge in [0.15, 0.2) is 0 Å². The van der Waals surface area contributed by atoms with Crippen LogP contribution in [0.5, 0.6) is 0 Å². The Bertz CT molecular complexity index is 123. The van der Waals surface area contributed by atoms with Gasteiger partial charge in [-0.3, -0.25) is 4.55 Å². The minimum atomic E-state index is -3.90. The van der Waals surface area contributed by atoms with Crippen molar-refractivity contribution in [2.45, 2.75) is 0 Å². The van der Waals surface area contributed by atoms with Crippen LogP contribution in [0.25, 0.3) is 0 Å².